The molecular formula is C20H19N3O6. The van der Waals surface area contributed by atoms with E-state index in [1.807, 2.05) is 0 Å². The molecule has 0 aliphatic carbocycles. The van der Waals surface area contributed by atoms with Crippen molar-refractivity contribution in [2.24, 2.45) is 5.16 Å². The van der Waals surface area contributed by atoms with Gasteiger partial charge < -0.3 is 14.3 Å². The van der Waals surface area contributed by atoms with Gasteiger partial charge in [0.15, 0.2) is 11.7 Å². The third-order valence-electron chi connectivity index (χ3n) is 3.69. The quantitative estimate of drug-likeness (QED) is 0.126. The fraction of sp³-hybridized carbons (Fsp3) is 0.200. The van der Waals surface area contributed by atoms with Crippen molar-refractivity contribution in [3.8, 4) is 0 Å². The number of benzene rings is 1. The highest BCUT2D eigenvalue weighted by atomic mass is 16.7. The number of hydrogen-bond donors (Lipinski definition) is 0. The largest absolute Gasteiger partial charge is 0.503 e. The summed E-state index contributed by atoms with van der Waals surface area (Å²) >= 11 is 0. The molecule has 2 rings (SSSR count). The molecule has 0 spiro atoms. The summed E-state index contributed by atoms with van der Waals surface area (Å²) in [4.78, 5) is 48.4. The van der Waals surface area contributed by atoms with Crippen molar-refractivity contribution < 1.29 is 28.7 Å². The molecule has 1 aromatic carbocycles. The standard InChI is InChI=1S/C20H19N3O6/c1-13(24)17(18-21-9-4-10-22-18)20(26)29-23-11-14-5-7-15(8-6-14)16(12-27-2)19(25)28-3/h4-12,17H,1-3H3. The van der Waals surface area contributed by atoms with Gasteiger partial charge in [-0.3, -0.25) is 4.79 Å². The monoisotopic (exact) mass is 397 g/mol. The molecular weight excluding hydrogens is 378 g/mol. The number of methoxy groups -OCH3 is 2. The van der Waals surface area contributed by atoms with E-state index in [1.165, 1.54) is 46.0 Å². The van der Waals surface area contributed by atoms with E-state index in [0.717, 1.165) is 0 Å². The van der Waals surface area contributed by atoms with Crippen LogP contribution in [0.4, 0.5) is 0 Å². The molecule has 0 saturated heterocycles. The Morgan fingerprint density at radius 3 is 2.28 bits per heavy atom. The van der Waals surface area contributed by atoms with Crippen LogP contribution < -0.4 is 0 Å². The van der Waals surface area contributed by atoms with Gasteiger partial charge in [-0.25, -0.2) is 19.6 Å². The molecule has 0 radical (unpaired) electrons. The SMILES string of the molecule is COC=C(C(=O)OC)c1ccc(C=NOC(=O)C(C(C)=O)c2ncccn2)cc1. The van der Waals surface area contributed by atoms with Crippen LogP contribution in [0.2, 0.25) is 0 Å². The van der Waals surface area contributed by atoms with Gasteiger partial charge in [0, 0.05) is 12.4 Å². The van der Waals surface area contributed by atoms with E-state index in [2.05, 4.69) is 15.1 Å². The van der Waals surface area contributed by atoms with Gasteiger partial charge in [-0.05, 0) is 24.1 Å². The summed E-state index contributed by atoms with van der Waals surface area (Å²) in [6.45, 7) is 1.25. The van der Waals surface area contributed by atoms with Crippen molar-refractivity contribution in [3.05, 3.63) is 65.9 Å². The first-order chi connectivity index (χ1) is 14.0. The molecule has 1 aromatic heterocycles. The Hall–Kier alpha value is -3.88. The Bertz CT molecular complexity index is 923. The minimum atomic E-state index is -1.25. The van der Waals surface area contributed by atoms with Gasteiger partial charge in [-0.1, -0.05) is 29.4 Å². The predicted molar refractivity (Wildman–Crippen MR) is 103 cm³/mol. The van der Waals surface area contributed by atoms with E-state index in [9.17, 15) is 14.4 Å². The van der Waals surface area contributed by atoms with Crippen LogP contribution in [-0.4, -0.2) is 48.1 Å². The fourth-order valence-electron chi connectivity index (χ4n) is 2.32. The van der Waals surface area contributed by atoms with Crippen molar-refractivity contribution in [1.29, 1.82) is 0 Å². The van der Waals surface area contributed by atoms with Crippen molar-refractivity contribution >= 4 is 29.5 Å². The minimum absolute atomic E-state index is 0.0461. The number of carbonyl (C=O) groups is 3. The molecule has 150 valence electrons. The summed E-state index contributed by atoms with van der Waals surface area (Å²) in [6.07, 6.45) is 5.43. The summed E-state index contributed by atoms with van der Waals surface area (Å²) in [5.41, 5.74) is 1.42. The van der Waals surface area contributed by atoms with Gasteiger partial charge in [0.1, 0.15) is 11.4 Å². The number of nitrogens with zero attached hydrogens (tertiary/aromatic N) is 3. The second-order valence-corrected chi connectivity index (χ2v) is 5.68. The maximum atomic E-state index is 12.2. The van der Waals surface area contributed by atoms with Crippen molar-refractivity contribution in [1.82, 2.24) is 9.97 Å². The molecule has 0 saturated carbocycles. The van der Waals surface area contributed by atoms with Crippen LogP contribution in [0.5, 0.6) is 0 Å². The number of esters is 1. The zero-order valence-electron chi connectivity index (χ0n) is 16.1. The van der Waals surface area contributed by atoms with Gasteiger partial charge in [-0.2, -0.15) is 0 Å². The van der Waals surface area contributed by atoms with E-state index in [1.54, 1.807) is 30.3 Å². The molecule has 29 heavy (non-hydrogen) atoms. The Morgan fingerprint density at radius 2 is 1.72 bits per heavy atom. The van der Waals surface area contributed by atoms with Crippen LogP contribution in [0.15, 0.2) is 54.1 Å². The Kier molecular flexibility index (Phi) is 7.72. The highest BCUT2D eigenvalue weighted by Crippen LogP contribution is 2.17. The van der Waals surface area contributed by atoms with Crippen LogP contribution in [-0.2, 0) is 28.7 Å². The van der Waals surface area contributed by atoms with E-state index >= 15 is 0 Å². The molecule has 9 heteroatoms. The lowest BCUT2D eigenvalue weighted by molar-refractivity contribution is -0.148. The second kappa shape index (κ2) is 10.5. The lowest BCUT2D eigenvalue weighted by Crippen LogP contribution is -2.23. The first-order valence-corrected chi connectivity index (χ1v) is 8.41. The minimum Gasteiger partial charge on any atom is -0.503 e. The predicted octanol–water partition coefficient (Wildman–Crippen LogP) is 1.89. The van der Waals surface area contributed by atoms with E-state index < -0.39 is 23.6 Å². The second-order valence-electron chi connectivity index (χ2n) is 5.68. The molecule has 2 aromatic rings. The number of ketones is 1. The van der Waals surface area contributed by atoms with Gasteiger partial charge >= 0.3 is 11.9 Å². The maximum Gasteiger partial charge on any atom is 0.353 e. The first-order valence-electron chi connectivity index (χ1n) is 8.41. The summed E-state index contributed by atoms with van der Waals surface area (Å²) in [5, 5.41) is 3.62. The molecule has 1 unspecified atom stereocenters. The molecule has 0 amide bonds. The van der Waals surface area contributed by atoms with Gasteiger partial charge in [0.05, 0.1) is 26.7 Å². The maximum absolute atomic E-state index is 12.2. The van der Waals surface area contributed by atoms with Crippen LogP contribution in [0.1, 0.15) is 29.8 Å². The average Bonchev–Trinajstić information content (AvgIpc) is 2.73. The Morgan fingerprint density at radius 1 is 1.07 bits per heavy atom. The van der Waals surface area contributed by atoms with E-state index in [0.29, 0.717) is 11.1 Å². The van der Waals surface area contributed by atoms with Gasteiger partial charge in [-0.15, -0.1) is 0 Å². The molecule has 0 bridgehead atoms. The fourth-order valence-corrected chi connectivity index (χ4v) is 2.32. The summed E-state index contributed by atoms with van der Waals surface area (Å²) in [6, 6.07) is 8.19. The number of ether oxygens (including phenoxy) is 2. The van der Waals surface area contributed by atoms with Crippen molar-refractivity contribution in [2.45, 2.75) is 12.8 Å². The molecule has 0 aliphatic heterocycles. The third kappa shape index (κ3) is 5.80. The van der Waals surface area contributed by atoms with Crippen LogP contribution in [0, 0.1) is 0 Å². The summed E-state index contributed by atoms with van der Waals surface area (Å²) in [7, 11) is 2.70. The van der Waals surface area contributed by atoms with Crippen LogP contribution in [0.3, 0.4) is 0 Å². The lowest BCUT2D eigenvalue weighted by atomic mass is 10.1. The lowest BCUT2D eigenvalue weighted by Gasteiger charge is -2.08. The van der Waals surface area contributed by atoms with E-state index in [4.69, 9.17) is 14.3 Å². The average molecular weight is 397 g/mol. The zero-order chi connectivity index (χ0) is 21.2. The van der Waals surface area contributed by atoms with Gasteiger partial charge in [0.25, 0.3) is 0 Å². The third-order valence-corrected chi connectivity index (χ3v) is 3.69. The molecule has 1 heterocycles. The first kappa shape index (κ1) is 21.4. The molecule has 1 atom stereocenters. The molecule has 0 N–H and O–H groups in total. The number of aromatic nitrogens is 2. The Balaban J connectivity index is 2.08. The highest BCUT2D eigenvalue weighted by molar-refractivity contribution is 6.16. The summed E-state index contributed by atoms with van der Waals surface area (Å²) in [5.74, 6) is -3.09. The number of rotatable bonds is 8. The zero-order valence-corrected chi connectivity index (χ0v) is 16.1. The smallest absolute Gasteiger partial charge is 0.353 e. The highest BCUT2D eigenvalue weighted by Gasteiger charge is 2.30. The molecule has 9 nitrogen and oxygen atoms in total. The van der Waals surface area contributed by atoms with Crippen molar-refractivity contribution in [3.63, 3.8) is 0 Å². The van der Waals surface area contributed by atoms with Gasteiger partial charge in [0.2, 0.25) is 0 Å². The molecule has 0 fully saturated rings. The topological polar surface area (TPSA) is 117 Å². The van der Waals surface area contributed by atoms with E-state index in [-0.39, 0.29) is 11.4 Å². The van der Waals surface area contributed by atoms with Crippen LogP contribution >= 0.6 is 0 Å². The molecule has 0 aliphatic rings. The normalized spacial score (nSPS) is 12.3. The van der Waals surface area contributed by atoms with Crippen LogP contribution in [0.25, 0.3) is 5.57 Å². The number of carbonyl (C=O) groups excluding carboxylic acids is 3. The number of hydrogen-bond acceptors (Lipinski definition) is 9. The Labute approximate surface area is 167 Å². The van der Waals surface area contributed by atoms with Crippen molar-refractivity contribution in [2.75, 3.05) is 14.2 Å². The number of oxime groups is 1. The number of Topliss-reactive ketones (excluding diaryl/α,β-unsaturated/α-hetero) is 1. The summed E-state index contributed by atoms with van der Waals surface area (Å²) < 4.78 is 9.61.